The molecular formula is C46H34N6. The van der Waals surface area contributed by atoms with Crippen molar-refractivity contribution >= 4 is 39.9 Å². The Kier molecular flexibility index (Phi) is 8.31. The molecule has 2 aliphatic heterocycles. The van der Waals surface area contributed by atoms with Gasteiger partial charge in [0.15, 0.2) is 11.7 Å². The molecule has 0 fully saturated rings. The number of allylic oxidation sites excluding steroid dienone is 1. The standard InChI is InChI=1S/C46H34N6/c1-3-9-31(10-4-1)39-13-7-14-40(52-45(51-39)35-11-5-2-6-12-35)32-15-17-33(18-16-32)41-25-23-38-29-36(22-24-42(38)49-41)37-20-19-34-21-26-43(50-44(34)30-37)46-47-27-8-28-48-46/h1-6,8-12,14-30,41,49H,7,13H2. The second-order valence-corrected chi connectivity index (χ2v) is 12.9. The predicted octanol–water partition coefficient (Wildman–Crippen LogP) is 10.6. The molecule has 1 atom stereocenters. The summed E-state index contributed by atoms with van der Waals surface area (Å²) < 4.78 is 0. The van der Waals surface area contributed by atoms with Gasteiger partial charge in [0.25, 0.3) is 0 Å². The number of anilines is 1. The fourth-order valence-corrected chi connectivity index (χ4v) is 6.79. The first kappa shape index (κ1) is 31.2. The van der Waals surface area contributed by atoms with E-state index in [1.807, 2.05) is 36.4 Å². The number of rotatable bonds is 6. The van der Waals surface area contributed by atoms with Gasteiger partial charge in [-0.3, -0.25) is 0 Å². The van der Waals surface area contributed by atoms with Crippen LogP contribution in [-0.2, 0) is 0 Å². The number of hydrogen-bond acceptors (Lipinski definition) is 6. The Hall–Kier alpha value is -6.79. The normalized spacial score (nSPS) is 15.4. The van der Waals surface area contributed by atoms with Crippen LogP contribution >= 0.6 is 0 Å². The van der Waals surface area contributed by atoms with Crippen molar-refractivity contribution in [3.8, 4) is 22.6 Å². The van der Waals surface area contributed by atoms with E-state index in [4.69, 9.17) is 15.0 Å². The molecule has 2 aromatic heterocycles. The lowest BCUT2D eigenvalue weighted by molar-refractivity contribution is 0.978. The molecule has 0 radical (unpaired) electrons. The Bertz CT molecular complexity index is 2520. The maximum atomic E-state index is 5.14. The lowest BCUT2D eigenvalue weighted by Gasteiger charge is -2.23. The van der Waals surface area contributed by atoms with Gasteiger partial charge < -0.3 is 5.32 Å². The lowest BCUT2D eigenvalue weighted by Crippen LogP contribution is -2.12. The Balaban J connectivity index is 0.950. The Morgan fingerprint density at radius 1 is 0.596 bits per heavy atom. The smallest absolute Gasteiger partial charge is 0.178 e. The third-order valence-corrected chi connectivity index (χ3v) is 9.54. The van der Waals surface area contributed by atoms with Crippen LogP contribution in [0.1, 0.15) is 46.7 Å². The Labute approximate surface area is 302 Å². The van der Waals surface area contributed by atoms with E-state index in [0.717, 1.165) is 85.8 Å². The minimum atomic E-state index is 0.0589. The minimum absolute atomic E-state index is 0.0589. The average Bonchev–Trinajstić information content (AvgIpc) is 3.21. The molecule has 6 nitrogen and oxygen atoms in total. The molecule has 0 saturated carbocycles. The molecule has 0 amide bonds. The molecule has 52 heavy (non-hydrogen) atoms. The van der Waals surface area contributed by atoms with E-state index in [1.165, 1.54) is 5.56 Å². The highest BCUT2D eigenvalue weighted by Gasteiger charge is 2.17. The number of nitrogens with one attached hydrogen (secondary N) is 1. The Morgan fingerprint density at radius 2 is 1.31 bits per heavy atom. The zero-order valence-electron chi connectivity index (χ0n) is 28.4. The van der Waals surface area contributed by atoms with Gasteiger partial charge in [-0.2, -0.15) is 0 Å². The van der Waals surface area contributed by atoms with Gasteiger partial charge in [-0.05, 0) is 76.6 Å². The summed E-state index contributed by atoms with van der Waals surface area (Å²) in [5.41, 5.74) is 12.6. The summed E-state index contributed by atoms with van der Waals surface area (Å²) >= 11 is 0. The molecule has 0 saturated heterocycles. The van der Waals surface area contributed by atoms with E-state index >= 15 is 0 Å². The maximum Gasteiger partial charge on any atom is 0.178 e. The number of benzene rings is 5. The molecule has 7 aromatic rings. The summed E-state index contributed by atoms with van der Waals surface area (Å²) in [5, 5.41) is 4.82. The molecule has 1 N–H and O–H groups in total. The van der Waals surface area contributed by atoms with Crippen molar-refractivity contribution in [3.63, 3.8) is 0 Å². The second kappa shape index (κ2) is 13.8. The molecule has 1 unspecified atom stereocenters. The fourth-order valence-electron chi connectivity index (χ4n) is 6.79. The van der Waals surface area contributed by atoms with Crippen LogP contribution in [-0.4, -0.2) is 26.5 Å². The number of hydrogen-bond donors (Lipinski definition) is 1. The van der Waals surface area contributed by atoms with Crippen molar-refractivity contribution in [3.05, 3.63) is 192 Å². The van der Waals surface area contributed by atoms with Gasteiger partial charge >= 0.3 is 0 Å². The molecule has 9 rings (SSSR count). The predicted molar refractivity (Wildman–Crippen MR) is 213 cm³/mol. The highest BCUT2D eigenvalue weighted by molar-refractivity contribution is 6.14. The molecule has 0 bridgehead atoms. The summed E-state index contributed by atoms with van der Waals surface area (Å²) in [6, 6.07) is 48.3. The topological polar surface area (TPSA) is 75.4 Å². The molecular weight excluding hydrogens is 637 g/mol. The number of aliphatic imine (C=N–C) groups is 2. The zero-order chi connectivity index (χ0) is 34.7. The van der Waals surface area contributed by atoms with Crippen LogP contribution < -0.4 is 5.32 Å². The summed E-state index contributed by atoms with van der Waals surface area (Å²) in [4.78, 5) is 23.9. The molecule has 248 valence electrons. The van der Waals surface area contributed by atoms with Gasteiger partial charge in [0, 0.05) is 29.0 Å². The molecule has 4 heterocycles. The first-order chi connectivity index (χ1) is 25.7. The maximum absolute atomic E-state index is 5.14. The van der Waals surface area contributed by atoms with Crippen LogP contribution in [0.25, 0.3) is 45.3 Å². The van der Waals surface area contributed by atoms with Gasteiger partial charge in [-0.25, -0.2) is 24.9 Å². The van der Waals surface area contributed by atoms with Crippen molar-refractivity contribution in [2.75, 3.05) is 5.32 Å². The number of nitrogens with zero attached hydrogens (tertiary/aromatic N) is 5. The third-order valence-electron chi connectivity index (χ3n) is 9.54. The number of aromatic nitrogens is 3. The van der Waals surface area contributed by atoms with Crippen LogP contribution in [0.2, 0.25) is 0 Å². The number of fused-ring (bicyclic) bond motifs is 2. The molecule has 6 heteroatoms. The van der Waals surface area contributed by atoms with Gasteiger partial charge in [-0.1, -0.05) is 127 Å². The first-order valence-electron chi connectivity index (χ1n) is 17.6. The van der Waals surface area contributed by atoms with Crippen LogP contribution in [0.3, 0.4) is 0 Å². The lowest BCUT2D eigenvalue weighted by atomic mass is 9.95. The molecule has 5 aromatic carbocycles. The quantitative estimate of drug-likeness (QED) is 0.191. The highest BCUT2D eigenvalue weighted by atomic mass is 14.9. The van der Waals surface area contributed by atoms with Crippen molar-refractivity contribution in [1.82, 2.24) is 15.0 Å². The average molecular weight is 671 g/mol. The SMILES string of the molecule is C1=CC(c2ccc(C3=CCCC(c4ccccc4)=NC(c4ccccc4)=N3)cc2)Nc2ccc(-c3ccc4ccc(-c5ncccn5)nc4c3)cc21. The van der Waals surface area contributed by atoms with Gasteiger partial charge in [0.2, 0.25) is 0 Å². The number of pyridine rings is 1. The van der Waals surface area contributed by atoms with Crippen molar-refractivity contribution in [1.29, 1.82) is 0 Å². The van der Waals surface area contributed by atoms with Crippen LogP contribution in [0.15, 0.2) is 174 Å². The largest absolute Gasteiger partial charge is 0.374 e. The van der Waals surface area contributed by atoms with Gasteiger partial charge in [0.05, 0.1) is 23.0 Å². The van der Waals surface area contributed by atoms with Crippen LogP contribution in [0, 0.1) is 0 Å². The van der Waals surface area contributed by atoms with E-state index in [-0.39, 0.29) is 6.04 Å². The van der Waals surface area contributed by atoms with Crippen molar-refractivity contribution in [2.24, 2.45) is 9.98 Å². The minimum Gasteiger partial charge on any atom is -0.374 e. The third kappa shape index (κ3) is 6.45. The summed E-state index contributed by atoms with van der Waals surface area (Å²) in [6.45, 7) is 0. The second-order valence-electron chi connectivity index (χ2n) is 12.9. The molecule has 2 aliphatic rings. The van der Waals surface area contributed by atoms with E-state index in [2.05, 4.69) is 137 Å². The monoisotopic (exact) mass is 670 g/mol. The number of amidine groups is 1. The zero-order valence-corrected chi connectivity index (χ0v) is 28.4. The van der Waals surface area contributed by atoms with Crippen LogP contribution in [0.5, 0.6) is 0 Å². The van der Waals surface area contributed by atoms with Gasteiger partial charge in [0.1, 0.15) is 5.69 Å². The Morgan fingerprint density at radius 3 is 2.12 bits per heavy atom. The van der Waals surface area contributed by atoms with E-state index < -0.39 is 0 Å². The van der Waals surface area contributed by atoms with E-state index in [1.54, 1.807) is 12.4 Å². The highest BCUT2D eigenvalue weighted by Crippen LogP contribution is 2.35. The van der Waals surface area contributed by atoms with E-state index in [0.29, 0.717) is 5.82 Å². The van der Waals surface area contributed by atoms with Gasteiger partial charge in [-0.15, -0.1) is 0 Å². The first-order valence-corrected chi connectivity index (χ1v) is 17.6. The molecule has 0 spiro atoms. The summed E-state index contributed by atoms with van der Waals surface area (Å²) in [7, 11) is 0. The summed E-state index contributed by atoms with van der Waals surface area (Å²) in [6.07, 6.45) is 11.9. The van der Waals surface area contributed by atoms with Crippen molar-refractivity contribution in [2.45, 2.75) is 18.9 Å². The fraction of sp³-hybridized carbons (Fsp3) is 0.0652. The molecule has 0 aliphatic carbocycles. The van der Waals surface area contributed by atoms with Crippen LogP contribution in [0.4, 0.5) is 5.69 Å². The van der Waals surface area contributed by atoms with E-state index in [9.17, 15) is 0 Å². The summed E-state index contributed by atoms with van der Waals surface area (Å²) in [5.74, 6) is 1.35. The van der Waals surface area contributed by atoms with Crippen molar-refractivity contribution < 1.29 is 0 Å².